The average Bonchev–Trinajstić information content (AvgIpc) is 2.47. The molecule has 4 nitrogen and oxygen atoms in total. The first-order valence-corrected chi connectivity index (χ1v) is 6.13. The number of benzene rings is 2. The molecule has 3 N–H and O–H groups in total. The third kappa shape index (κ3) is 3.98. The molecule has 0 bridgehead atoms. The third-order valence-electron chi connectivity index (χ3n) is 2.71. The smallest absolute Gasteiger partial charge is 0.193 e. The zero-order valence-corrected chi connectivity index (χ0v) is 11.1. The normalized spacial score (nSPS) is 11.2. The van der Waals surface area contributed by atoms with Gasteiger partial charge in [0.1, 0.15) is 11.6 Å². The first-order valence-electron chi connectivity index (χ1n) is 6.13. The van der Waals surface area contributed by atoms with Gasteiger partial charge in [-0.05, 0) is 42.0 Å². The highest BCUT2D eigenvalue weighted by atomic mass is 19.1. The zero-order valence-electron chi connectivity index (χ0n) is 11.1. The van der Waals surface area contributed by atoms with Gasteiger partial charge in [0, 0.05) is 5.69 Å². The Labute approximate surface area is 117 Å². The van der Waals surface area contributed by atoms with Gasteiger partial charge in [-0.2, -0.15) is 0 Å². The van der Waals surface area contributed by atoms with E-state index in [0.29, 0.717) is 12.5 Å². The zero-order chi connectivity index (χ0) is 14.4. The molecule has 20 heavy (non-hydrogen) atoms. The molecule has 0 spiro atoms. The molecule has 104 valence electrons. The molecule has 0 fully saturated rings. The summed E-state index contributed by atoms with van der Waals surface area (Å²) in [5.41, 5.74) is 7.51. The van der Waals surface area contributed by atoms with Crippen molar-refractivity contribution in [1.29, 1.82) is 0 Å². The number of hydrogen-bond acceptors (Lipinski definition) is 2. The van der Waals surface area contributed by atoms with Crippen LogP contribution in [0.4, 0.5) is 10.1 Å². The molecular weight excluding hydrogens is 257 g/mol. The summed E-state index contributed by atoms with van der Waals surface area (Å²) in [7, 11) is 1.61. The predicted octanol–water partition coefficient (Wildman–Crippen LogP) is 2.76. The first kappa shape index (κ1) is 13.9. The van der Waals surface area contributed by atoms with E-state index in [4.69, 9.17) is 10.5 Å². The summed E-state index contributed by atoms with van der Waals surface area (Å²) in [6.07, 6.45) is 0. The number of methoxy groups -OCH3 is 1. The molecule has 0 unspecified atom stereocenters. The lowest BCUT2D eigenvalue weighted by Gasteiger charge is -2.06. The maximum atomic E-state index is 12.8. The lowest BCUT2D eigenvalue weighted by atomic mass is 10.2. The Hall–Kier alpha value is -2.56. The number of anilines is 1. The second-order valence-corrected chi connectivity index (χ2v) is 4.18. The lowest BCUT2D eigenvalue weighted by Crippen LogP contribution is -2.22. The molecule has 0 amide bonds. The van der Waals surface area contributed by atoms with Crippen LogP contribution in [0, 0.1) is 5.82 Å². The Morgan fingerprint density at radius 2 is 1.80 bits per heavy atom. The molecule has 2 aromatic rings. The van der Waals surface area contributed by atoms with E-state index in [-0.39, 0.29) is 5.82 Å². The number of hydrogen-bond donors (Lipinski definition) is 2. The lowest BCUT2D eigenvalue weighted by molar-refractivity contribution is 0.415. The van der Waals surface area contributed by atoms with Gasteiger partial charge in [0.2, 0.25) is 0 Å². The maximum Gasteiger partial charge on any atom is 0.193 e. The molecule has 2 rings (SSSR count). The van der Waals surface area contributed by atoms with Crippen LogP contribution in [0.15, 0.2) is 53.5 Å². The Morgan fingerprint density at radius 3 is 2.40 bits per heavy atom. The molecule has 0 saturated carbocycles. The molecule has 0 radical (unpaired) electrons. The van der Waals surface area contributed by atoms with E-state index in [1.54, 1.807) is 19.2 Å². The van der Waals surface area contributed by atoms with Gasteiger partial charge in [0.15, 0.2) is 5.96 Å². The standard InChI is InChI=1S/C15H16FN3O/c1-20-14-8-6-13(7-9-14)19-15(17)18-10-11-2-4-12(16)5-3-11/h2-9H,10H2,1H3,(H3,17,18,19). The van der Waals surface area contributed by atoms with Crippen LogP contribution in [0.1, 0.15) is 5.56 Å². The van der Waals surface area contributed by atoms with Crippen LogP contribution in [-0.4, -0.2) is 13.1 Å². The molecule has 0 aromatic heterocycles. The van der Waals surface area contributed by atoms with E-state index in [1.165, 1.54) is 12.1 Å². The number of aliphatic imine (C=N–C) groups is 1. The van der Waals surface area contributed by atoms with Crippen LogP contribution in [0.25, 0.3) is 0 Å². The van der Waals surface area contributed by atoms with Crippen LogP contribution >= 0.6 is 0 Å². The number of nitrogens with two attached hydrogens (primary N) is 1. The molecular formula is C15H16FN3O. The quantitative estimate of drug-likeness (QED) is 0.665. The molecule has 0 saturated heterocycles. The molecule has 0 aliphatic heterocycles. The van der Waals surface area contributed by atoms with E-state index < -0.39 is 0 Å². The van der Waals surface area contributed by atoms with Crippen molar-refractivity contribution in [3.63, 3.8) is 0 Å². The number of nitrogens with zero attached hydrogens (tertiary/aromatic N) is 1. The summed E-state index contributed by atoms with van der Waals surface area (Å²) < 4.78 is 17.8. The van der Waals surface area contributed by atoms with Crippen LogP contribution in [0.5, 0.6) is 5.75 Å². The highest BCUT2D eigenvalue weighted by Crippen LogP contribution is 2.14. The van der Waals surface area contributed by atoms with Crippen molar-refractivity contribution in [2.45, 2.75) is 6.54 Å². The first-order chi connectivity index (χ1) is 9.67. The highest BCUT2D eigenvalue weighted by molar-refractivity contribution is 5.92. The summed E-state index contributed by atoms with van der Waals surface area (Å²) in [6, 6.07) is 13.5. The van der Waals surface area contributed by atoms with Gasteiger partial charge in [-0.15, -0.1) is 0 Å². The maximum absolute atomic E-state index is 12.8. The second kappa shape index (κ2) is 6.56. The number of rotatable bonds is 4. The van der Waals surface area contributed by atoms with Crippen molar-refractivity contribution in [1.82, 2.24) is 0 Å². The minimum Gasteiger partial charge on any atom is -0.497 e. The fourth-order valence-corrected chi connectivity index (χ4v) is 1.63. The van der Waals surface area contributed by atoms with Crippen LogP contribution in [0.3, 0.4) is 0 Å². The monoisotopic (exact) mass is 273 g/mol. The summed E-state index contributed by atoms with van der Waals surface area (Å²) in [6.45, 7) is 0.398. The number of nitrogens with one attached hydrogen (secondary N) is 1. The van der Waals surface area contributed by atoms with E-state index >= 15 is 0 Å². The minimum absolute atomic E-state index is 0.262. The predicted molar refractivity (Wildman–Crippen MR) is 78.3 cm³/mol. The topological polar surface area (TPSA) is 59.6 Å². The van der Waals surface area contributed by atoms with E-state index in [9.17, 15) is 4.39 Å². The van der Waals surface area contributed by atoms with Crippen molar-refractivity contribution in [3.05, 3.63) is 59.9 Å². The van der Waals surface area contributed by atoms with Crippen molar-refractivity contribution in [3.8, 4) is 5.75 Å². The summed E-state index contributed by atoms with van der Waals surface area (Å²) >= 11 is 0. The second-order valence-electron chi connectivity index (χ2n) is 4.18. The molecule has 0 heterocycles. The molecule has 2 aromatic carbocycles. The number of halogens is 1. The summed E-state index contributed by atoms with van der Waals surface area (Å²) in [5, 5.41) is 2.97. The fraction of sp³-hybridized carbons (Fsp3) is 0.133. The van der Waals surface area contributed by atoms with Gasteiger partial charge in [0.05, 0.1) is 13.7 Å². The van der Waals surface area contributed by atoms with Gasteiger partial charge < -0.3 is 15.8 Å². The van der Waals surface area contributed by atoms with E-state index in [2.05, 4.69) is 10.3 Å². The van der Waals surface area contributed by atoms with Crippen molar-refractivity contribution >= 4 is 11.6 Å². The fourth-order valence-electron chi connectivity index (χ4n) is 1.63. The van der Waals surface area contributed by atoms with Gasteiger partial charge in [-0.1, -0.05) is 12.1 Å². The molecule has 0 aliphatic rings. The van der Waals surface area contributed by atoms with Crippen LogP contribution in [-0.2, 0) is 6.54 Å². The largest absolute Gasteiger partial charge is 0.497 e. The Kier molecular flexibility index (Phi) is 4.55. The van der Waals surface area contributed by atoms with Crippen molar-refractivity contribution < 1.29 is 9.13 Å². The van der Waals surface area contributed by atoms with Crippen molar-refractivity contribution in [2.75, 3.05) is 12.4 Å². The average molecular weight is 273 g/mol. The van der Waals surface area contributed by atoms with Gasteiger partial charge in [-0.25, -0.2) is 9.38 Å². The Balaban J connectivity index is 1.94. The number of ether oxygens (including phenoxy) is 1. The molecule has 0 aliphatic carbocycles. The van der Waals surface area contributed by atoms with E-state index in [1.807, 2.05) is 24.3 Å². The Morgan fingerprint density at radius 1 is 1.15 bits per heavy atom. The van der Waals surface area contributed by atoms with Crippen LogP contribution < -0.4 is 15.8 Å². The summed E-state index contributed by atoms with van der Waals surface area (Å²) in [5.74, 6) is 0.818. The molecule has 0 atom stereocenters. The molecule has 5 heteroatoms. The van der Waals surface area contributed by atoms with Gasteiger partial charge in [-0.3, -0.25) is 0 Å². The minimum atomic E-state index is -0.262. The summed E-state index contributed by atoms with van der Waals surface area (Å²) in [4.78, 5) is 4.19. The van der Waals surface area contributed by atoms with E-state index in [0.717, 1.165) is 17.0 Å². The van der Waals surface area contributed by atoms with Crippen LogP contribution in [0.2, 0.25) is 0 Å². The Bertz CT molecular complexity index is 579. The SMILES string of the molecule is COc1ccc(NC(N)=NCc2ccc(F)cc2)cc1. The number of guanidine groups is 1. The van der Waals surface area contributed by atoms with Gasteiger partial charge >= 0.3 is 0 Å². The van der Waals surface area contributed by atoms with Gasteiger partial charge in [0.25, 0.3) is 0 Å². The highest BCUT2D eigenvalue weighted by Gasteiger charge is 1.97. The third-order valence-corrected chi connectivity index (χ3v) is 2.71. The van der Waals surface area contributed by atoms with Crippen molar-refractivity contribution in [2.24, 2.45) is 10.7 Å².